The monoisotopic (exact) mass is 493 g/mol. The molecule has 8 nitrogen and oxygen atoms in total. The number of hydrogen-bond donors (Lipinski definition) is 1. The maximum Gasteiger partial charge on any atom is 0.337 e. The highest BCUT2D eigenvalue weighted by Gasteiger charge is 2.16. The molecule has 1 N–H and O–H groups in total. The van der Waals surface area contributed by atoms with Crippen molar-refractivity contribution in [3.05, 3.63) is 81.8 Å². The van der Waals surface area contributed by atoms with E-state index in [2.05, 4.69) is 10.5 Å². The molecule has 2 aromatic heterocycles. The topological polar surface area (TPSA) is 95.1 Å². The Kier molecular flexibility index (Phi) is 6.93. The molecule has 35 heavy (non-hydrogen) atoms. The van der Waals surface area contributed by atoms with Crippen molar-refractivity contribution < 1.29 is 23.5 Å². The van der Waals surface area contributed by atoms with Crippen LogP contribution in [0.3, 0.4) is 0 Å². The summed E-state index contributed by atoms with van der Waals surface area (Å²) in [5.74, 6) is -0.0753. The number of aromatic nitrogens is 1. The van der Waals surface area contributed by atoms with Crippen molar-refractivity contribution in [1.82, 2.24) is 9.99 Å². The van der Waals surface area contributed by atoms with Crippen LogP contribution in [-0.2, 0) is 4.74 Å². The van der Waals surface area contributed by atoms with Crippen molar-refractivity contribution in [3.8, 4) is 11.4 Å². The van der Waals surface area contributed by atoms with E-state index >= 15 is 0 Å². The van der Waals surface area contributed by atoms with Crippen molar-refractivity contribution in [3.63, 3.8) is 0 Å². The van der Waals surface area contributed by atoms with Gasteiger partial charge in [0.05, 0.1) is 36.2 Å². The summed E-state index contributed by atoms with van der Waals surface area (Å²) in [4.78, 5) is 24.5. The van der Waals surface area contributed by atoms with E-state index in [4.69, 9.17) is 25.5 Å². The number of fused-ring (bicyclic) bond motifs is 1. The molecule has 180 valence electrons. The van der Waals surface area contributed by atoms with Crippen LogP contribution in [0.2, 0.25) is 5.02 Å². The maximum absolute atomic E-state index is 12.6. The molecular formula is C26H24ClN3O5. The molecule has 0 aliphatic carbocycles. The van der Waals surface area contributed by atoms with Gasteiger partial charge in [-0.15, -0.1) is 0 Å². The number of esters is 1. The van der Waals surface area contributed by atoms with Gasteiger partial charge in [0, 0.05) is 22.3 Å². The van der Waals surface area contributed by atoms with Crippen LogP contribution < -0.4 is 10.2 Å². The Labute approximate surface area is 207 Å². The number of ether oxygens (including phenoxy) is 2. The average molecular weight is 494 g/mol. The second-order valence-corrected chi connectivity index (χ2v) is 8.17. The Morgan fingerprint density at radius 2 is 1.94 bits per heavy atom. The summed E-state index contributed by atoms with van der Waals surface area (Å²) in [6, 6.07) is 13.9. The van der Waals surface area contributed by atoms with Crippen molar-refractivity contribution in [2.24, 2.45) is 5.10 Å². The van der Waals surface area contributed by atoms with Crippen molar-refractivity contribution >= 4 is 40.7 Å². The Balaban J connectivity index is 1.54. The molecule has 4 aromatic rings. The lowest BCUT2D eigenvalue weighted by molar-refractivity contribution is 0.0600. The molecule has 2 heterocycles. The molecule has 0 atom stereocenters. The predicted molar refractivity (Wildman–Crippen MR) is 134 cm³/mol. The van der Waals surface area contributed by atoms with E-state index in [1.54, 1.807) is 42.6 Å². The normalized spacial score (nSPS) is 11.2. The van der Waals surface area contributed by atoms with Gasteiger partial charge in [0.15, 0.2) is 5.76 Å². The first-order valence-corrected chi connectivity index (χ1v) is 11.3. The molecule has 0 aliphatic heterocycles. The summed E-state index contributed by atoms with van der Waals surface area (Å²) in [5.41, 5.74) is 6.59. The number of carbonyl (C=O) groups excluding carboxylic acids is 2. The zero-order chi connectivity index (χ0) is 25.1. The highest BCUT2D eigenvalue weighted by Crippen LogP contribution is 2.28. The van der Waals surface area contributed by atoms with E-state index < -0.39 is 11.9 Å². The molecule has 0 radical (unpaired) electrons. The summed E-state index contributed by atoms with van der Waals surface area (Å²) in [6.07, 6.45) is 1.55. The SMILES string of the molecule is CCOc1ccc2oc(C(=O)N/N=C/c3cc(C)n(-c4cc(C(=O)OC)ccc4Cl)c3C)cc2c1. The quantitative estimate of drug-likeness (QED) is 0.210. The highest BCUT2D eigenvalue weighted by atomic mass is 35.5. The van der Waals surface area contributed by atoms with Crippen molar-refractivity contribution in [2.45, 2.75) is 20.8 Å². The predicted octanol–water partition coefficient (Wildman–Crippen LogP) is 5.44. The fourth-order valence-corrected chi connectivity index (χ4v) is 4.03. The van der Waals surface area contributed by atoms with Gasteiger partial charge in [0.1, 0.15) is 11.3 Å². The highest BCUT2D eigenvalue weighted by molar-refractivity contribution is 6.32. The minimum absolute atomic E-state index is 0.141. The van der Waals surface area contributed by atoms with E-state index in [-0.39, 0.29) is 5.76 Å². The number of amides is 1. The number of furan rings is 1. The second kappa shape index (κ2) is 10.1. The van der Waals surface area contributed by atoms with Crippen LogP contribution in [0.15, 0.2) is 58.0 Å². The molecule has 0 spiro atoms. The minimum atomic E-state index is -0.474. The molecule has 0 unspecified atom stereocenters. The number of halogens is 1. The van der Waals surface area contributed by atoms with Crippen LogP contribution >= 0.6 is 11.6 Å². The number of aryl methyl sites for hydroxylation is 1. The Morgan fingerprint density at radius 3 is 2.69 bits per heavy atom. The Bertz CT molecular complexity index is 1450. The second-order valence-electron chi connectivity index (χ2n) is 7.76. The van der Waals surface area contributed by atoms with E-state index in [0.29, 0.717) is 34.2 Å². The summed E-state index contributed by atoms with van der Waals surface area (Å²) < 4.78 is 17.8. The molecule has 0 fully saturated rings. The van der Waals surface area contributed by atoms with Crippen LogP contribution in [0.4, 0.5) is 0 Å². The van der Waals surface area contributed by atoms with Gasteiger partial charge >= 0.3 is 11.9 Å². The third kappa shape index (κ3) is 4.93. The number of nitrogens with one attached hydrogen (secondary N) is 1. The van der Waals surface area contributed by atoms with Crippen LogP contribution in [0.5, 0.6) is 5.75 Å². The molecule has 0 aliphatic rings. The first-order chi connectivity index (χ1) is 16.8. The number of methoxy groups -OCH3 is 1. The molecule has 9 heteroatoms. The van der Waals surface area contributed by atoms with Gasteiger partial charge in [-0.2, -0.15) is 5.10 Å². The molecule has 2 aromatic carbocycles. The van der Waals surface area contributed by atoms with Gasteiger partial charge in [-0.25, -0.2) is 10.2 Å². The maximum atomic E-state index is 12.6. The standard InChI is InChI=1S/C26H24ClN3O5/c1-5-34-20-7-9-23-18(11-20)13-24(35-23)25(31)29-28-14-19-10-15(2)30(16(19)3)22-12-17(26(32)33-4)6-8-21(22)27/h6-14H,5H2,1-4H3,(H,29,31)/b28-14+. The van der Waals surface area contributed by atoms with Crippen molar-refractivity contribution in [1.29, 1.82) is 0 Å². The molecule has 0 saturated carbocycles. The number of carbonyl (C=O) groups is 2. The number of nitrogens with zero attached hydrogens (tertiary/aromatic N) is 2. The minimum Gasteiger partial charge on any atom is -0.494 e. The average Bonchev–Trinajstić information content (AvgIpc) is 3.39. The van der Waals surface area contributed by atoms with E-state index in [0.717, 1.165) is 22.3 Å². The lowest BCUT2D eigenvalue weighted by Crippen LogP contribution is -2.16. The van der Waals surface area contributed by atoms with E-state index in [1.165, 1.54) is 7.11 Å². The molecule has 1 amide bonds. The zero-order valence-electron chi connectivity index (χ0n) is 19.7. The van der Waals surface area contributed by atoms with Gasteiger partial charge in [0.2, 0.25) is 0 Å². The molecule has 0 saturated heterocycles. The van der Waals surface area contributed by atoms with Gasteiger partial charge in [-0.05, 0) is 69.3 Å². The number of hydrogen-bond acceptors (Lipinski definition) is 6. The molecule has 0 bridgehead atoms. The largest absolute Gasteiger partial charge is 0.494 e. The van der Waals surface area contributed by atoms with Gasteiger partial charge in [-0.1, -0.05) is 11.6 Å². The van der Waals surface area contributed by atoms with Crippen LogP contribution in [0.25, 0.3) is 16.7 Å². The third-order valence-corrected chi connectivity index (χ3v) is 5.79. The summed E-state index contributed by atoms with van der Waals surface area (Å²) in [6.45, 7) is 6.26. The summed E-state index contributed by atoms with van der Waals surface area (Å²) in [7, 11) is 1.33. The zero-order valence-corrected chi connectivity index (χ0v) is 20.5. The number of benzene rings is 2. The third-order valence-electron chi connectivity index (χ3n) is 5.47. The van der Waals surface area contributed by atoms with Crippen LogP contribution in [-0.4, -0.2) is 36.4 Å². The van der Waals surface area contributed by atoms with Gasteiger partial charge < -0.3 is 18.5 Å². The lowest BCUT2D eigenvalue weighted by Gasteiger charge is -2.13. The van der Waals surface area contributed by atoms with Crippen molar-refractivity contribution in [2.75, 3.05) is 13.7 Å². The molecule has 4 rings (SSSR count). The summed E-state index contributed by atoms with van der Waals surface area (Å²) >= 11 is 6.42. The Morgan fingerprint density at radius 1 is 1.14 bits per heavy atom. The Hall–Kier alpha value is -4.04. The van der Waals surface area contributed by atoms with Crippen LogP contribution in [0, 0.1) is 13.8 Å². The van der Waals surface area contributed by atoms with Gasteiger partial charge in [-0.3, -0.25) is 4.79 Å². The van der Waals surface area contributed by atoms with E-state index in [9.17, 15) is 9.59 Å². The number of rotatable bonds is 7. The fourth-order valence-electron chi connectivity index (χ4n) is 3.82. The first-order valence-electron chi connectivity index (χ1n) is 10.9. The first kappa shape index (κ1) is 24.1. The fraction of sp³-hybridized carbons (Fsp3) is 0.192. The number of hydrazone groups is 1. The van der Waals surface area contributed by atoms with Gasteiger partial charge in [0.25, 0.3) is 0 Å². The van der Waals surface area contributed by atoms with E-state index in [1.807, 2.05) is 37.5 Å². The summed E-state index contributed by atoms with van der Waals surface area (Å²) in [5, 5.41) is 5.34. The lowest BCUT2D eigenvalue weighted by atomic mass is 10.2. The smallest absolute Gasteiger partial charge is 0.337 e. The molecular weight excluding hydrogens is 470 g/mol. The van der Waals surface area contributed by atoms with Crippen LogP contribution in [0.1, 0.15) is 44.8 Å².